The van der Waals surface area contributed by atoms with Gasteiger partial charge in [-0.2, -0.15) is 0 Å². The van der Waals surface area contributed by atoms with E-state index in [2.05, 4.69) is 4.98 Å². The van der Waals surface area contributed by atoms with Crippen LogP contribution in [0.25, 0.3) is 5.65 Å². The molecule has 1 saturated heterocycles. The zero-order valence-corrected chi connectivity index (χ0v) is 17.3. The molecule has 3 heterocycles. The Morgan fingerprint density at radius 1 is 1.27 bits per heavy atom. The van der Waals surface area contributed by atoms with E-state index in [-0.39, 0.29) is 17.1 Å². The third kappa shape index (κ3) is 4.16. The Hall–Kier alpha value is -2.95. The predicted molar refractivity (Wildman–Crippen MR) is 110 cm³/mol. The molecule has 0 amide bonds. The normalized spacial score (nSPS) is 14.8. The minimum absolute atomic E-state index is 0.0396. The molecule has 0 atom stereocenters. The minimum Gasteiger partial charge on any atom is -0.455 e. The average molecular weight is 430 g/mol. The molecule has 0 aliphatic carbocycles. The molecule has 10 heteroatoms. The van der Waals surface area contributed by atoms with Gasteiger partial charge in [0.2, 0.25) is 10.0 Å². The summed E-state index contributed by atoms with van der Waals surface area (Å²) in [5, 5.41) is 5.25. The van der Waals surface area contributed by atoms with Crippen LogP contribution in [0.5, 0.6) is 0 Å². The van der Waals surface area contributed by atoms with Crippen LogP contribution in [0, 0.1) is 6.92 Å². The topological polar surface area (TPSA) is 116 Å². The molecule has 3 aromatic rings. The molecule has 1 aliphatic heterocycles. The number of rotatable bonds is 5. The first-order valence-corrected chi connectivity index (χ1v) is 11.0. The molecule has 2 N–H and O–H groups in total. The lowest BCUT2D eigenvalue weighted by molar-refractivity contribution is 0.0468. The number of carbonyl (C=O) groups excluding carboxylic acids is 1. The molecule has 9 nitrogen and oxygen atoms in total. The van der Waals surface area contributed by atoms with Crippen molar-refractivity contribution in [1.82, 2.24) is 9.38 Å². The lowest BCUT2D eigenvalue weighted by Crippen LogP contribution is -2.37. The van der Waals surface area contributed by atoms with Crippen molar-refractivity contribution in [3.8, 4) is 0 Å². The Morgan fingerprint density at radius 3 is 2.73 bits per heavy atom. The van der Waals surface area contributed by atoms with Crippen LogP contribution in [0.3, 0.4) is 0 Å². The number of primary sulfonamides is 1. The van der Waals surface area contributed by atoms with E-state index < -0.39 is 16.0 Å². The first-order valence-electron chi connectivity index (χ1n) is 9.43. The van der Waals surface area contributed by atoms with Gasteiger partial charge in [0, 0.05) is 25.5 Å². The fraction of sp³-hybridized carbons (Fsp3) is 0.300. The highest BCUT2D eigenvalue weighted by atomic mass is 32.2. The minimum atomic E-state index is -3.96. The summed E-state index contributed by atoms with van der Waals surface area (Å²) >= 11 is 0. The number of esters is 1. The van der Waals surface area contributed by atoms with Crippen LogP contribution in [0.2, 0.25) is 0 Å². The monoisotopic (exact) mass is 430 g/mol. The highest BCUT2D eigenvalue weighted by Crippen LogP contribution is 2.26. The molecule has 1 aromatic carbocycles. The predicted octanol–water partition coefficient (Wildman–Crippen LogP) is 1.48. The van der Waals surface area contributed by atoms with Gasteiger partial charge in [-0.15, -0.1) is 0 Å². The summed E-state index contributed by atoms with van der Waals surface area (Å²) in [6, 6.07) is 8.09. The number of hydrogen-bond acceptors (Lipinski definition) is 7. The quantitative estimate of drug-likeness (QED) is 0.610. The van der Waals surface area contributed by atoms with Crippen molar-refractivity contribution >= 4 is 27.3 Å². The van der Waals surface area contributed by atoms with Crippen LogP contribution >= 0.6 is 0 Å². The first-order chi connectivity index (χ1) is 14.3. The van der Waals surface area contributed by atoms with Gasteiger partial charge in [-0.1, -0.05) is 6.07 Å². The van der Waals surface area contributed by atoms with Crippen molar-refractivity contribution in [3.05, 3.63) is 59.5 Å². The maximum Gasteiger partial charge on any atom is 0.340 e. The Bertz CT molecular complexity index is 1200. The molecule has 1 aliphatic rings. The third-order valence-electron chi connectivity index (χ3n) is 4.95. The zero-order chi connectivity index (χ0) is 21.3. The number of carbonyl (C=O) groups is 1. The van der Waals surface area contributed by atoms with Crippen LogP contribution in [0.15, 0.2) is 47.6 Å². The fourth-order valence-corrected chi connectivity index (χ4v) is 3.97. The average Bonchev–Trinajstić information content (AvgIpc) is 3.16. The number of sulfonamides is 1. The molecule has 4 rings (SSSR count). The number of benzene rings is 1. The Morgan fingerprint density at radius 2 is 2.03 bits per heavy atom. The highest BCUT2D eigenvalue weighted by molar-refractivity contribution is 7.89. The summed E-state index contributed by atoms with van der Waals surface area (Å²) in [7, 11) is -3.96. The smallest absolute Gasteiger partial charge is 0.340 e. The van der Waals surface area contributed by atoms with Crippen LogP contribution in [-0.2, 0) is 26.1 Å². The van der Waals surface area contributed by atoms with Gasteiger partial charge in [-0.25, -0.2) is 23.3 Å². The van der Waals surface area contributed by atoms with E-state index in [1.165, 1.54) is 12.1 Å². The SMILES string of the molecule is Cc1cccn2cc(COC(=O)c3cc(S(N)(=O)=O)ccc3N3CCOCC3)nc12. The van der Waals surface area contributed by atoms with Crippen LogP contribution in [0.1, 0.15) is 21.6 Å². The standard InChI is InChI=1S/C20H22N4O5S/c1-14-3-2-6-24-12-15(22-19(14)24)13-29-20(25)17-11-16(30(21,26)27)4-5-18(17)23-7-9-28-10-8-23/h2-6,11-12H,7-10,13H2,1H3,(H2,21,26,27). The summed E-state index contributed by atoms with van der Waals surface area (Å²) in [4.78, 5) is 19.2. The molecule has 0 radical (unpaired) electrons. The lowest BCUT2D eigenvalue weighted by Gasteiger charge is -2.30. The molecule has 0 bridgehead atoms. The largest absolute Gasteiger partial charge is 0.455 e. The molecule has 30 heavy (non-hydrogen) atoms. The molecule has 0 spiro atoms. The van der Waals surface area contributed by atoms with Crippen molar-refractivity contribution in [3.63, 3.8) is 0 Å². The van der Waals surface area contributed by atoms with Crippen LogP contribution in [-0.4, -0.2) is 50.1 Å². The van der Waals surface area contributed by atoms with Crippen molar-refractivity contribution in [2.24, 2.45) is 5.14 Å². The van der Waals surface area contributed by atoms with Crippen molar-refractivity contribution < 1.29 is 22.7 Å². The molecular weight excluding hydrogens is 408 g/mol. The van der Waals surface area contributed by atoms with Gasteiger partial charge < -0.3 is 18.8 Å². The number of imidazole rings is 1. The highest BCUT2D eigenvalue weighted by Gasteiger charge is 2.23. The van der Waals surface area contributed by atoms with Gasteiger partial charge in [-0.05, 0) is 36.8 Å². The Labute approximate surface area is 174 Å². The molecule has 0 unspecified atom stereocenters. The van der Waals surface area contributed by atoms with Gasteiger partial charge in [-0.3, -0.25) is 0 Å². The van der Waals surface area contributed by atoms with Crippen LogP contribution in [0.4, 0.5) is 5.69 Å². The van der Waals surface area contributed by atoms with E-state index in [1.807, 2.05) is 34.6 Å². The molecule has 0 saturated carbocycles. The van der Waals surface area contributed by atoms with E-state index in [0.717, 1.165) is 11.2 Å². The van der Waals surface area contributed by atoms with E-state index in [9.17, 15) is 13.2 Å². The number of ether oxygens (including phenoxy) is 2. The lowest BCUT2D eigenvalue weighted by atomic mass is 10.1. The number of fused-ring (bicyclic) bond motifs is 1. The number of aryl methyl sites for hydroxylation is 1. The van der Waals surface area contributed by atoms with E-state index in [0.29, 0.717) is 37.7 Å². The molecular formula is C20H22N4O5S. The fourth-order valence-electron chi connectivity index (χ4n) is 3.43. The second-order valence-corrected chi connectivity index (χ2v) is 8.62. The van der Waals surface area contributed by atoms with Gasteiger partial charge in [0.25, 0.3) is 0 Å². The number of nitrogens with zero attached hydrogens (tertiary/aromatic N) is 3. The number of aromatic nitrogens is 2. The summed E-state index contributed by atoms with van der Waals surface area (Å²) < 4.78 is 36.3. The Kier molecular flexibility index (Phi) is 5.46. The number of nitrogens with two attached hydrogens (primary N) is 1. The summed E-state index contributed by atoms with van der Waals surface area (Å²) in [5.41, 5.74) is 3.11. The Balaban J connectivity index is 1.61. The van der Waals surface area contributed by atoms with E-state index in [4.69, 9.17) is 14.6 Å². The van der Waals surface area contributed by atoms with Gasteiger partial charge in [0.15, 0.2) is 0 Å². The second-order valence-electron chi connectivity index (χ2n) is 7.05. The van der Waals surface area contributed by atoms with Crippen LogP contribution < -0.4 is 10.0 Å². The van der Waals surface area contributed by atoms with E-state index >= 15 is 0 Å². The maximum atomic E-state index is 12.9. The molecule has 1 fully saturated rings. The number of anilines is 1. The van der Waals surface area contributed by atoms with Crippen molar-refractivity contribution in [2.75, 3.05) is 31.2 Å². The molecule has 2 aromatic heterocycles. The zero-order valence-electron chi connectivity index (χ0n) is 16.4. The molecule has 158 valence electrons. The number of hydrogen-bond donors (Lipinski definition) is 1. The third-order valence-corrected chi connectivity index (χ3v) is 5.86. The summed E-state index contributed by atoms with van der Waals surface area (Å²) in [5.74, 6) is -0.643. The number of morpholine rings is 1. The van der Waals surface area contributed by atoms with Gasteiger partial charge in [0.1, 0.15) is 12.3 Å². The summed E-state index contributed by atoms with van der Waals surface area (Å²) in [6.45, 7) is 4.12. The van der Waals surface area contributed by atoms with Crippen molar-refractivity contribution in [2.45, 2.75) is 18.4 Å². The number of pyridine rings is 1. The second kappa shape index (κ2) is 8.05. The van der Waals surface area contributed by atoms with E-state index in [1.54, 1.807) is 12.3 Å². The van der Waals surface area contributed by atoms with Crippen molar-refractivity contribution in [1.29, 1.82) is 0 Å². The maximum absolute atomic E-state index is 12.9. The first kappa shape index (κ1) is 20.3. The van der Waals surface area contributed by atoms with Gasteiger partial charge >= 0.3 is 5.97 Å². The summed E-state index contributed by atoms with van der Waals surface area (Å²) in [6.07, 6.45) is 3.66. The van der Waals surface area contributed by atoms with Gasteiger partial charge in [0.05, 0.1) is 35.1 Å².